The molecule has 2 unspecified atom stereocenters. The van der Waals surface area contributed by atoms with Gasteiger partial charge in [0.05, 0.1) is 6.04 Å². The van der Waals surface area contributed by atoms with Crippen molar-refractivity contribution in [3.63, 3.8) is 0 Å². The molecule has 0 saturated heterocycles. The Balaban J connectivity index is 2.01. The summed E-state index contributed by atoms with van der Waals surface area (Å²) in [6, 6.07) is 2.60. The van der Waals surface area contributed by atoms with Gasteiger partial charge >= 0.3 is 0 Å². The lowest BCUT2D eigenvalue weighted by molar-refractivity contribution is 0.108. The molecule has 1 aliphatic carbocycles. The number of rotatable bonds is 3. The van der Waals surface area contributed by atoms with Crippen LogP contribution in [0.25, 0.3) is 0 Å². The van der Waals surface area contributed by atoms with E-state index in [4.69, 9.17) is 4.43 Å². The van der Waals surface area contributed by atoms with Gasteiger partial charge in [-0.15, -0.1) is 0 Å². The molecular weight excluding hydrogens is 379 g/mol. The molecule has 2 rings (SSSR count). The number of hydrogen-bond acceptors (Lipinski definition) is 2. The number of halogens is 1. The standard InChI is InChI=1S/C15H27IN2OSi/c1-15(2,3)20(4,5)19-13-8-6-7-12(11-13)18-10-9-14(16)17-18/h9-10,12-13H,6-8,11H2,1-5H3. The molecule has 114 valence electrons. The molecule has 3 nitrogen and oxygen atoms in total. The molecule has 2 atom stereocenters. The average Bonchev–Trinajstić information content (AvgIpc) is 2.74. The Bertz CT molecular complexity index is 453. The predicted molar refractivity (Wildman–Crippen MR) is 94.5 cm³/mol. The lowest BCUT2D eigenvalue weighted by Gasteiger charge is -2.41. The second-order valence-corrected chi connectivity index (χ2v) is 13.3. The van der Waals surface area contributed by atoms with Crippen LogP contribution in [0.1, 0.15) is 52.5 Å². The van der Waals surface area contributed by atoms with Gasteiger partial charge in [0, 0.05) is 12.3 Å². The minimum atomic E-state index is -1.65. The molecule has 1 fully saturated rings. The summed E-state index contributed by atoms with van der Waals surface area (Å²) in [5.41, 5.74) is 0. The molecule has 0 aromatic carbocycles. The summed E-state index contributed by atoms with van der Waals surface area (Å²) < 4.78 is 9.82. The first-order valence-electron chi connectivity index (χ1n) is 7.57. The molecule has 1 aromatic rings. The highest BCUT2D eigenvalue weighted by atomic mass is 127. The Kier molecular flexibility index (Phi) is 5.01. The third kappa shape index (κ3) is 3.85. The smallest absolute Gasteiger partial charge is 0.192 e. The highest BCUT2D eigenvalue weighted by Crippen LogP contribution is 2.40. The molecular formula is C15H27IN2OSi. The van der Waals surface area contributed by atoms with Crippen molar-refractivity contribution in [2.45, 2.75) is 76.7 Å². The fourth-order valence-corrected chi connectivity index (χ4v) is 4.39. The summed E-state index contributed by atoms with van der Waals surface area (Å²) in [6.45, 7) is 11.7. The van der Waals surface area contributed by atoms with Crippen molar-refractivity contribution >= 4 is 30.9 Å². The minimum Gasteiger partial charge on any atom is -0.414 e. The average molecular weight is 406 g/mol. The van der Waals surface area contributed by atoms with Crippen molar-refractivity contribution in [1.29, 1.82) is 0 Å². The lowest BCUT2D eigenvalue weighted by Crippen LogP contribution is -2.45. The van der Waals surface area contributed by atoms with Gasteiger partial charge in [-0.25, -0.2) is 0 Å². The molecule has 0 spiro atoms. The van der Waals surface area contributed by atoms with Crippen molar-refractivity contribution in [2.75, 3.05) is 0 Å². The van der Waals surface area contributed by atoms with Gasteiger partial charge in [-0.3, -0.25) is 4.68 Å². The molecule has 1 aromatic heterocycles. The van der Waals surface area contributed by atoms with Crippen LogP contribution >= 0.6 is 22.6 Å². The van der Waals surface area contributed by atoms with Crippen LogP contribution in [0, 0.1) is 3.70 Å². The molecule has 1 saturated carbocycles. The van der Waals surface area contributed by atoms with Crippen LogP contribution in [0.2, 0.25) is 18.1 Å². The van der Waals surface area contributed by atoms with Crippen molar-refractivity contribution in [2.24, 2.45) is 0 Å². The monoisotopic (exact) mass is 406 g/mol. The normalized spacial score (nSPS) is 24.9. The third-order valence-electron chi connectivity index (χ3n) is 4.82. The van der Waals surface area contributed by atoms with Crippen LogP contribution in [0.3, 0.4) is 0 Å². The van der Waals surface area contributed by atoms with E-state index in [1.165, 1.54) is 19.3 Å². The van der Waals surface area contributed by atoms with Crippen molar-refractivity contribution < 1.29 is 4.43 Å². The van der Waals surface area contributed by atoms with Gasteiger partial charge in [0.2, 0.25) is 0 Å². The largest absolute Gasteiger partial charge is 0.414 e. The van der Waals surface area contributed by atoms with Crippen LogP contribution < -0.4 is 0 Å². The van der Waals surface area contributed by atoms with Crippen molar-refractivity contribution in [3.8, 4) is 0 Å². The fourth-order valence-electron chi connectivity index (χ4n) is 2.58. The maximum atomic E-state index is 6.60. The summed E-state index contributed by atoms with van der Waals surface area (Å²) in [5.74, 6) is 0. The molecule has 20 heavy (non-hydrogen) atoms. The molecule has 0 amide bonds. The van der Waals surface area contributed by atoms with Crippen LogP contribution in [0.15, 0.2) is 12.3 Å². The van der Waals surface area contributed by atoms with E-state index in [2.05, 4.69) is 78.5 Å². The van der Waals surface area contributed by atoms with Crippen molar-refractivity contribution in [3.05, 3.63) is 16.0 Å². The topological polar surface area (TPSA) is 27.1 Å². The first kappa shape index (κ1) is 16.5. The third-order valence-corrected chi connectivity index (χ3v) is 9.93. The minimum absolute atomic E-state index is 0.293. The Labute approximate surface area is 137 Å². The maximum absolute atomic E-state index is 6.60. The zero-order valence-electron chi connectivity index (χ0n) is 13.3. The Morgan fingerprint density at radius 3 is 2.60 bits per heavy atom. The Hall–Kier alpha value is 0.117. The van der Waals surface area contributed by atoms with E-state index in [0.717, 1.165) is 10.1 Å². The lowest BCUT2D eigenvalue weighted by atomic mass is 9.93. The van der Waals surface area contributed by atoms with Gasteiger partial charge in [-0.05, 0) is 72.5 Å². The number of aromatic nitrogens is 2. The van der Waals surface area contributed by atoms with Gasteiger partial charge < -0.3 is 4.43 Å². The summed E-state index contributed by atoms with van der Waals surface area (Å²) >= 11 is 2.28. The maximum Gasteiger partial charge on any atom is 0.192 e. The van der Waals surface area contributed by atoms with E-state index >= 15 is 0 Å². The second-order valence-electron chi connectivity index (χ2n) is 7.44. The number of nitrogens with zero attached hydrogens (tertiary/aromatic N) is 2. The van der Waals surface area contributed by atoms with E-state index in [0.29, 0.717) is 17.2 Å². The summed E-state index contributed by atoms with van der Waals surface area (Å²) in [4.78, 5) is 0. The SMILES string of the molecule is CC(C)(C)[Si](C)(C)OC1CCCC(n2ccc(I)n2)C1. The van der Waals surface area contributed by atoms with Gasteiger partial charge in [-0.2, -0.15) is 5.10 Å². The van der Waals surface area contributed by atoms with Crippen LogP contribution in [0.5, 0.6) is 0 Å². The molecule has 1 heterocycles. The van der Waals surface area contributed by atoms with E-state index in [-0.39, 0.29) is 0 Å². The zero-order valence-corrected chi connectivity index (χ0v) is 16.5. The molecule has 1 aliphatic rings. The Morgan fingerprint density at radius 2 is 2.05 bits per heavy atom. The van der Waals surface area contributed by atoms with E-state index in [1.54, 1.807) is 0 Å². The summed E-state index contributed by atoms with van der Waals surface area (Å²) in [6.07, 6.45) is 7.33. The van der Waals surface area contributed by atoms with Gasteiger partial charge in [0.25, 0.3) is 0 Å². The quantitative estimate of drug-likeness (QED) is 0.522. The predicted octanol–water partition coefficient (Wildman–Crippen LogP) is 4.99. The molecule has 5 heteroatoms. The Morgan fingerprint density at radius 1 is 1.35 bits per heavy atom. The molecule has 0 bridgehead atoms. The fraction of sp³-hybridized carbons (Fsp3) is 0.800. The molecule has 0 aliphatic heterocycles. The van der Waals surface area contributed by atoms with Crippen LogP contribution in [-0.4, -0.2) is 24.2 Å². The van der Waals surface area contributed by atoms with Crippen LogP contribution in [0.4, 0.5) is 0 Å². The first-order chi connectivity index (χ1) is 9.19. The molecule has 0 N–H and O–H groups in total. The first-order valence-corrected chi connectivity index (χ1v) is 11.6. The van der Waals surface area contributed by atoms with Gasteiger partial charge in [0.15, 0.2) is 8.32 Å². The van der Waals surface area contributed by atoms with E-state index in [1.807, 2.05) is 0 Å². The number of hydrogen-bond donors (Lipinski definition) is 0. The van der Waals surface area contributed by atoms with E-state index in [9.17, 15) is 0 Å². The van der Waals surface area contributed by atoms with Gasteiger partial charge in [0.1, 0.15) is 3.70 Å². The summed E-state index contributed by atoms with van der Waals surface area (Å²) in [5, 5.41) is 4.87. The summed E-state index contributed by atoms with van der Waals surface area (Å²) in [7, 11) is -1.65. The van der Waals surface area contributed by atoms with Gasteiger partial charge in [-0.1, -0.05) is 20.8 Å². The van der Waals surface area contributed by atoms with Crippen LogP contribution in [-0.2, 0) is 4.43 Å². The van der Waals surface area contributed by atoms with E-state index < -0.39 is 8.32 Å². The molecule has 0 radical (unpaired) electrons. The highest BCUT2D eigenvalue weighted by Gasteiger charge is 2.40. The second kappa shape index (κ2) is 6.08. The highest BCUT2D eigenvalue weighted by molar-refractivity contribution is 14.1. The van der Waals surface area contributed by atoms with Crippen molar-refractivity contribution in [1.82, 2.24) is 9.78 Å². The zero-order chi connectivity index (χ0) is 15.0.